The fourth-order valence-corrected chi connectivity index (χ4v) is 2.21. The monoisotopic (exact) mass is 296 g/mol. The van der Waals surface area contributed by atoms with Crippen LogP contribution >= 0.6 is 0 Å². The molecule has 3 nitrogen and oxygen atoms in total. The summed E-state index contributed by atoms with van der Waals surface area (Å²) >= 11 is 0. The Kier molecular flexibility index (Phi) is 5.59. The Balaban J connectivity index is 2.18. The molecule has 0 spiro atoms. The van der Waals surface area contributed by atoms with E-state index in [2.05, 4.69) is 35.9 Å². The largest absolute Gasteiger partial charge is 0.457 e. The Morgan fingerprint density at radius 3 is 2.50 bits per heavy atom. The maximum absolute atomic E-state index is 5.95. The van der Waals surface area contributed by atoms with Gasteiger partial charge in [0, 0.05) is 13.6 Å². The predicted molar refractivity (Wildman–Crippen MR) is 93.5 cm³/mol. The number of benzene rings is 2. The van der Waals surface area contributed by atoms with Crippen molar-refractivity contribution in [2.75, 3.05) is 13.6 Å². The van der Waals surface area contributed by atoms with E-state index in [1.54, 1.807) is 0 Å². The van der Waals surface area contributed by atoms with Crippen molar-refractivity contribution in [1.29, 1.82) is 0 Å². The zero-order valence-electron chi connectivity index (χ0n) is 13.8. The lowest BCUT2D eigenvalue weighted by Gasteiger charge is -2.13. The van der Waals surface area contributed by atoms with Crippen molar-refractivity contribution in [2.24, 2.45) is 4.99 Å². The molecule has 0 saturated heterocycles. The fourth-order valence-electron chi connectivity index (χ4n) is 2.21. The van der Waals surface area contributed by atoms with E-state index < -0.39 is 0 Å². The highest BCUT2D eigenvalue weighted by Crippen LogP contribution is 2.31. The molecule has 0 heterocycles. The highest BCUT2D eigenvalue weighted by Gasteiger charge is 2.06. The van der Waals surface area contributed by atoms with E-state index in [1.807, 2.05) is 50.6 Å². The van der Waals surface area contributed by atoms with Gasteiger partial charge in [-0.1, -0.05) is 25.1 Å². The molecule has 2 rings (SSSR count). The fraction of sp³-hybridized carbons (Fsp3) is 0.316. The van der Waals surface area contributed by atoms with E-state index in [-0.39, 0.29) is 0 Å². The summed E-state index contributed by atoms with van der Waals surface area (Å²) in [6, 6.07) is 14.0. The number of hydrogen-bond donors (Lipinski definition) is 0. The first-order valence-electron chi connectivity index (χ1n) is 7.68. The Bertz CT molecular complexity index is 635. The lowest BCUT2D eigenvalue weighted by Crippen LogP contribution is -2.16. The SMILES string of the molecule is CCCN(C)C=Nc1cc(C)c(Oc2ccccc2)cc1C. The van der Waals surface area contributed by atoms with Crippen molar-refractivity contribution in [2.45, 2.75) is 27.2 Å². The molecule has 116 valence electrons. The van der Waals surface area contributed by atoms with E-state index >= 15 is 0 Å². The molecule has 0 bridgehead atoms. The van der Waals surface area contributed by atoms with Gasteiger partial charge in [0.1, 0.15) is 11.5 Å². The van der Waals surface area contributed by atoms with E-state index in [0.717, 1.165) is 41.3 Å². The van der Waals surface area contributed by atoms with Crippen LogP contribution in [0.4, 0.5) is 5.69 Å². The van der Waals surface area contributed by atoms with Gasteiger partial charge in [0.05, 0.1) is 12.0 Å². The maximum Gasteiger partial charge on any atom is 0.130 e. The molecule has 0 aliphatic heterocycles. The molecule has 0 saturated carbocycles. The summed E-state index contributed by atoms with van der Waals surface area (Å²) in [7, 11) is 2.04. The van der Waals surface area contributed by atoms with Gasteiger partial charge in [-0.2, -0.15) is 0 Å². The van der Waals surface area contributed by atoms with Crippen LogP contribution in [0.3, 0.4) is 0 Å². The van der Waals surface area contributed by atoms with E-state index in [0.29, 0.717) is 0 Å². The van der Waals surface area contributed by atoms with Crippen LogP contribution in [0.25, 0.3) is 0 Å². The van der Waals surface area contributed by atoms with Crippen molar-refractivity contribution in [1.82, 2.24) is 4.90 Å². The van der Waals surface area contributed by atoms with Crippen LogP contribution in [0.2, 0.25) is 0 Å². The maximum atomic E-state index is 5.95. The van der Waals surface area contributed by atoms with Crippen molar-refractivity contribution < 1.29 is 4.74 Å². The number of para-hydroxylation sites is 1. The van der Waals surface area contributed by atoms with Gasteiger partial charge in [-0.25, -0.2) is 4.99 Å². The number of aryl methyl sites for hydroxylation is 2. The van der Waals surface area contributed by atoms with Gasteiger partial charge in [0.2, 0.25) is 0 Å². The Morgan fingerprint density at radius 1 is 1.09 bits per heavy atom. The minimum atomic E-state index is 0.851. The third-order valence-electron chi connectivity index (χ3n) is 3.43. The molecule has 2 aromatic rings. The third kappa shape index (κ3) is 4.35. The van der Waals surface area contributed by atoms with Gasteiger partial charge in [-0.3, -0.25) is 0 Å². The van der Waals surface area contributed by atoms with Crippen molar-refractivity contribution >= 4 is 12.0 Å². The highest BCUT2D eigenvalue weighted by atomic mass is 16.5. The smallest absolute Gasteiger partial charge is 0.130 e. The first kappa shape index (κ1) is 16.1. The first-order chi connectivity index (χ1) is 10.6. The molecule has 3 heteroatoms. The molecular weight excluding hydrogens is 272 g/mol. The Morgan fingerprint density at radius 2 is 1.82 bits per heavy atom. The number of aliphatic imine (C=N–C) groups is 1. The molecule has 0 unspecified atom stereocenters. The van der Waals surface area contributed by atoms with Crippen LogP contribution in [0.15, 0.2) is 47.5 Å². The first-order valence-corrected chi connectivity index (χ1v) is 7.68. The van der Waals surface area contributed by atoms with Crippen molar-refractivity contribution in [3.8, 4) is 11.5 Å². The van der Waals surface area contributed by atoms with E-state index in [9.17, 15) is 0 Å². The zero-order valence-corrected chi connectivity index (χ0v) is 13.8. The number of hydrogen-bond acceptors (Lipinski definition) is 2. The average Bonchev–Trinajstić information content (AvgIpc) is 2.50. The molecule has 0 atom stereocenters. The number of rotatable bonds is 6. The standard InChI is InChI=1S/C19H24N2O/c1-5-11-21(4)14-20-18-12-16(3)19(13-15(18)2)22-17-9-7-6-8-10-17/h6-10,12-14H,5,11H2,1-4H3. The summed E-state index contributed by atoms with van der Waals surface area (Å²) in [5, 5.41) is 0. The topological polar surface area (TPSA) is 24.8 Å². The van der Waals surface area contributed by atoms with Gasteiger partial charge in [-0.05, 0) is 55.7 Å². The van der Waals surface area contributed by atoms with Crippen LogP contribution in [0.1, 0.15) is 24.5 Å². The second-order valence-electron chi connectivity index (χ2n) is 5.54. The highest BCUT2D eigenvalue weighted by molar-refractivity contribution is 5.64. The van der Waals surface area contributed by atoms with Gasteiger partial charge in [0.15, 0.2) is 0 Å². The zero-order chi connectivity index (χ0) is 15.9. The van der Waals surface area contributed by atoms with Crippen LogP contribution in [0.5, 0.6) is 11.5 Å². The summed E-state index contributed by atoms with van der Waals surface area (Å²) in [5.74, 6) is 1.73. The number of nitrogens with zero attached hydrogens (tertiary/aromatic N) is 2. The molecule has 0 aliphatic rings. The summed E-state index contributed by atoms with van der Waals surface area (Å²) < 4.78 is 5.95. The van der Waals surface area contributed by atoms with Gasteiger partial charge < -0.3 is 9.64 Å². The Labute approximate surface area is 133 Å². The molecule has 0 radical (unpaired) electrons. The Hall–Kier alpha value is -2.29. The molecule has 0 N–H and O–H groups in total. The average molecular weight is 296 g/mol. The van der Waals surface area contributed by atoms with Crippen LogP contribution in [-0.2, 0) is 0 Å². The quantitative estimate of drug-likeness (QED) is 0.547. The number of ether oxygens (including phenoxy) is 1. The second-order valence-corrected chi connectivity index (χ2v) is 5.54. The minimum Gasteiger partial charge on any atom is -0.457 e. The lowest BCUT2D eigenvalue weighted by atomic mass is 10.1. The predicted octanol–water partition coefficient (Wildman–Crippen LogP) is 5.10. The summed E-state index contributed by atoms with van der Waals surface area (Å²) in [4.78, 5) is 6.68. The summed E-state index contributed by atoms with van der Waals surface area (Å²) in [5.41, 5.74) is 3.18. The third-order valence-corrected chi connectivity index (χ3v) is 3.43. The summed E-state index contributed by atoms with van der Waals surface area (Å²) in [6.45, 7) is 7.28. The van der Waals surface area contributed by atoms with Gasteiger partial charge in [0.25, 0.3) is 0 Å². The van der Waals surface area contributed by atoms with Gasteiger partial charge in [-0.15, -0.1) is 0 Å². The van der Waals surface area contributed by atoms with E-state index in [4.69, 9.17) is 4.74 Å². The lowest BCUT2D eigenvalue weighted by molar-refractivity contribution is 0.478. The molecule has 0 aromatic heterocycles. The molecule has 2 aromatic carbocycles. The van der Waals surface area contributed by atoms with Crippen LogP contribution in [-0.4, -0.2) is 24.8 Å². The molecule has 0 fully saturated rings. The second kappa shape index (κ2) is 7.64. The molecule has 0 amide bonds. The summed E-state index contributed by atoms with van der Waals surface area (Å²) in [6.07, 6.45) is 3.01. The van der Waals surface area contributed by atoms with Gasteiger partial charge >= 0.3 is 0 Å². The normalized spacial score (nSPS) is 10.9. The van der Waals surface area contributed by atoms with Crippen molar-refractivity contribution in [3.05, 3.63) is 53.6 Å². The molecular formula is C19H24N2O. The van der Waals surface area contributed by atoms with Crippen LogP contribution in [0, 0.1) is 13.8 Å². The van der Waals surface area contributed by atoms with Crippen molar-refractivity contribution in [3.63, 3.8) is 0 Å². The molecule has 22 heavy (non-hydrogen) atoms. The van der Waals surface area contributed by atoms with Crippen LogP contribution < -0.4 is 4.74 Å². The molecule has 0 aliphatic carbocycles. The van der Waals surface area contributed by atoms with E-state index in [1.165, 1.54) is 0 Å². The minimum absolute atomic E-state index is 0.851.